The highest BCUT2D eigenvalue weighted by Gasteiger charge is 2.22. The van der Waals surface area contributed by atoms with E-state index in [9.17, 15) is 14.4 Å². The van der Waals surface area contributed by atoms with Crippen LogP contribution in [0.3, 0.4) is 0 Å². The first-order valence-corrected chi connectivity index (χ1v) is 7.72. The molecule has 1 aromatic rings. The molecule has 1 fully saturated rings. The predicted molar refractivity (Wildman–Crippen MR) is 85.2 cm³/mol. The molecule has 7 nitrogen and oxygen atoms in total. The monoisotopic (exact) mass is 319 g/mol. The van der Waals surface area contributed by atoms with Gasteiger partial charge in [-0.25, -0.2) is 9.59 Å². The fraction of sp³-hybridized carbons (Fsp3) is 0.438. The zero-order valence-electron chi connectivity index (χ0n) is 13.1. The Morgan fingerprint density at radius 2 is 2.17 bits per heavy atom. The van der Waals surface area contributed by atoms with E-state index in [4.69, 9.17) is 4.74 Å². The molecule has 3 N–H and O–H groups in total. The summed E-state index contributed by atoms with van der Waals surface area (Å²) >= 11 is 0. The van der Waals surface area contributed by atoms with E-state index in [1.165, 1.54) is 6.07 Å². The van der Waals surface area contributed by atoms with Crippen molar-refractivity contribution in [3.05, 3.63) is 29.8 Å². The lowest BCUT2D eigenvalue weighted by Gasteiger charge is -2.16. The van der Waals surface area contributed by atoms with Crippen molar-refractivity contribution in [3.63, 3.8) is 0 Å². The van der Waals surface area contributed by atoms with Gasteiger partial charge in [-0.2, -0.15) is 0 Å². The zero-order valence-corrected chi connectivity index (χ0v) is 13.1. The van der Waals surface area contributed by atoms with Crippen molar-refractivity contribution >= 4 is 23.6 Å². The second-order valence-electron chi connectivity index (χ2n) is 5.24. The Labute approximate surface area is 134 Å². The largest absolute Gasteiger partial charge is 0.462 e. The third kappa shape index (κ3) is 4.98. The van der Waals surface area contributed by atoms with Gasteiger partial charge in [-0.05, 0) is 44.4 Å². The number of hydrogen-bond acceptors (Lipinski definition) is 4. The van der Waals surface area contributed by atoms with Crippen LogP contribution < -0.4 is 16.0 Å². The number of rotatable bonds is 4. The molecule has 1 atom stereocenters. The number of carbonyl (C=O) groups excluding carboxylic acids is 3. The second kappa shape index (κ2) is 8.17. The van der Waals surface area contributed by atoms with Crippen molar-refractivity contribution < 1.29 is 19.1 Å². The third-order valence-corrected chi connectivity index (χ3v) is 3.47. The summed E-state index contributed by atoms with van der Waals surface area (Å²) in [5.74, 6) is -0.613. The van der Waals surface area contributed by atoms with Crippen molar-refractivity contribution in [2.45, 2.75) is 32.2 Å². The van der Waals surface area contributed by atoms with E-state index in [-0.39, 0.29) is 12.5 Å². The number of nitrogens with one attached hydrogen (secondary N) is 3. The summed E-state index contributed by atoms with van der Waals surface area (Å²) in [5.41, 5.74) is 0.818. The van der Waals surface area contributed by atoms with E-state index in [0.29, 0.717) is 24.2 Å². The molecule has 1 saturated heterocycles. The van der Waals surface area contributed by atoms with Crippen LogP contribution in [0, 0.1) is 0 Å². The molecule has 7 heteroatoms. The van der Waals surface area contributed by atoms with Gasteiger partial charge in [0.25, 0.3) is 0 Å². The van der Waals surface area contributed by atoms with Gasteiger partial charge >= 0.3 is 12.0 Å². The molecular formula is C16H21N3O4. The minimum absolute atomic E-state index is 0.169. The topological polar surface area (TPSA) is 96.5 Å². The maximum atomic E-state index is 12.0. The lowest BCUT2D eigenvalue weighted by atomic mass is 10.1. The Bertz CT molecular complexity index is 588. The van der Waals surface area contributed by atoms with Gasteiger partial charge in [-0.15, -0.1) is 0 Å². The molecule has 1 aromatic carbocycles. The number of anilines is 1. The molecule has 0 spiro atoms. The molecule has 1 aliphatic rings. The van der Waals surface area contributed by atoms with Crippen LogP contribution in [0.4, 0.5) is 10.5 Å². The van der Waals surface area contributed by atoms with E-state index in [0.717, 1.165) is 12.8 Å². The van der Waals surface area contributed by atoms with Crippen molar-refractivity contribution in [1.82, 2.24) is 10.6 Å². The van der Waals surface area contributed by atoms with E-state index in [1.54, 1.807) is 25.1 Å². The maximum absolute atomic E-state index is 12.0. The van der Waals surface area contributed by atoms with Crippen LogP contribution in [0.5, 0.6) is 0 Å². The summed E-state index contributed by atoms with van der Waals surface area (Å²) in [6.07, 6.45) is 2.40. The number of ether oxygens (including phenoxy) is 1. The fourth-order valence-corrected chi connectivity index (χ4v) is 2.34. The standard InChI is InChI=1S/C16H21N3O4/c1-2-23-15(21)11-6-5-7-12(10-11)18-16(22)19-13-8-3-4-9-17-14(13)20/h5-7,10,13H,2-4,8-9H2,1H3,(H,17,20)(H2,18,19,22)/t13-/m1/s1. The molecule has 1 heterocycles. The van der Waals surface area contributed by atoms with Crippen molar-refractivity contribution in [3.8, 4) is 0 Å². The van der Waals surface area contributed by atoms with Crippen molar-refractivity contribution in [2.75, 3.05) is 18.5 Å². The van der Waals surface area contributed by atoms with Crippen LogP contribution in [-0.4, -0.2) is 37.1 Å². The summed E-state index contributed by atoms with van der Waals surface area (Å²) in [4.78, 5) is 35.5. The van der Waals surface area contributed by atoms with Crippen LogP contribution in [0.1, 0.15) is 36.5 Å². The van der Waals surface area contributed by atoms with Gasteiger partial charge in [0.2, 0.25) is 5.91 Å². The highest BCUT2D eigenvalue weighted by Crippen LogP contribution is 2.12. The average Bonchev–Trinajstić information content (AvgIpc) is 2.73. The van der Waals surface area contributed by atoms with Crippen LogP contribution in [0.25, 0.3) is 0 Å². The molecule has 2 rings (SSSR count). The van der Waals surface area contributed by atoms with Gasteiger partial charge < -0.3 is 20.7 Å². The number of carbonyl (C=O) groups is 3. The molecule has 1 aliphatic heterocycles. The Morgan fingerprint density at radius 3 is 2.96 bits per heavy atom. The number of benzene rings is 1. The smallest absolute Gasteiger partial charge is 0.338 e. The van der Waals surface area contributed by atoms with E-state index < -0.39 is 18.0 Å². The Kier molecular flexibility index (Phi) is 5.96. The summed E-state index contributed by atoms with van der Waals surface area (Å²) in [7, 11) is 0. The highest BCUT2D eigenvalue weighted by molar-refractivity contribution is 5.96. The summed E-state index contributed by atoms with van der Waals surface area (Å²) in [6.45, 7) is 2.65. The molecule has 0 aromatic heterocycles. The van der Waals surface area contributed by atoms with Crippen LogP contribution >= 0.6 is 0 Å². The minimum atomic E-state index is -0.536. The van der Waals surface area contributed by atoms with E-state index in [1.807, 2.05) is 0 Å². The van der Waals surface area contributed by atoms with E-state index in [2.05, 4.69) is 16.0 Å². The molecule has 0 saturated carbocycles. The van der Waals surface area contributed by atoms with Crippen LogP contribution in [0.15, 0.2) is 24.3 Å². The Balaban J connectivity index is 1.95. The first-order chi connectivity index (χ1) is 11.1. The van der Waals surface area contributed by atoms with Gasteiger partial charge in [-0.3, -0.25) is 4.79 Å². The number of urea groups is 1. The molecular weight excluding hydrogens is 298 g/mol. The Morgan fingerprint density at radius 1 is 1.35 bits per heavy atom. The Hall–Kier alpha value is -2.57. The molecule has 124 valence electrons. The third-order valence-electron chi connectivity index (χ3n) is 3.47. The molecule has 0 unspecified atom stereocenters. The average molecular weight is 319 g/mol. The minimum Gasteiger partial charge on any atom is -0.462 e. The molecule has 0 radical (unpaired) electrons. The number of amides is 3. The predicted octanol–water partition coefficient (Wildman–Crippen LogP) is 1.65. The van der Waals surface area contributed by atoms with Gasteiger partial charge in [0.15, 0.2) is 0 Å². The molecule has 0 aliphatic carbocycles. The lowest BCUT2D eigenvalue weighted by molar-refractivity contribution is -0.122. The van der Waals surface area contributed by atoms with Gasteiger partial charge in [0.05, 0.1) is 12.2 Å². The van der Waals surface area contributed by atoms with E-state index >= 15 is 0 Å². The van der Waals surface area contributed by atoms with Crippen LogP contribution in [0.2, 0.25) is 0 Å². The normalized spacial score (nSPS) is 17.6. The van der Waals surface area contributed by atoms with Crippen LogP contribution in [-0.2, 0) is 9.53 Å². The first-order valence-electron chi connectivity index (χ1n) is 7.72. The maximum Gasteiger partial charge on any atom is 0.338 e. The molecule has 3 amide bonds. The highest BCUT2D eigenvalue weighted by atomic mass is 16.5. The number of esters is 1. The van der Waals surface area contributed by atoms with Gasteiger partial charge in [0.1, 0.15) is 6.04 Å². The zero-order chi connectivity index (χ0) is 16.7. The molecule has 23 heavy (non-hydrogen) atoms. The quantitative estimate of drug-likeness (QED) is 0.735. The lowest BCUT2D eigenvalue weighted by Crippen LogP contribution is -2.47. The molecule has 0 bridgehead atoms. The SMILES string of the molecule is CCOC(=O)c1cccc(NC(=O)N[C@@H]2CCCCNC2=O)c1. The van der Waals surface area contributed by atoms with Gasteiger partial charge in [-0.1, -0.05) is 6.07 Å². The van der Waals surface area contributed by atoms with Crippen molar-refractivity contribution in [1.29, 1.82) is 0 Å². The van der Waals surface area contributed by atoms with Crippen molar-refractivity contribution in [2.24, 2.45) is 0 Å². The van der Waals surface area contributed by atoms with Gasteiger partial charge in [0, 0.05) is 12.2 Å². The summed E-state index contributed by atoms with van der Waals surface area (Å²) in [6, 6.07) is 5.44. The first kappa shape index (κ1) is 16.8. The summed E-state index contributed by atoms with van der Waals surface area (Å²) < 4.78 is 4.92. The number of hydrogen-bond donors (Lipinski definition) is 3. The fourth-order valence-electron chi connectivity index (χ4n) is 2.34. The second-order valence-corrected chi connectivity index (χ2v) is 5.24. The summed E-state index contributed by atoms with van der Waals surface area (Å²) in [5, 5.41) is 8.04.